The van der Waals surface area contributed by atoms with Gasteiger partial charge in [-0.3, -0.25) is 4.79 Å². The van der Waals surface area contributed by atoms with E-state index < -0.39 is 23.4 Å². The average Bonchev–Trinajstić information content (AvgIpc) is 3.32. The molecular weight excluding hydrogens is 371 g/mol. The molecule has 0 aliphatic heterocycles. The monoisotopic (exact) mass is 387 g/mol. The number of hydrogen-bond acceptors (Lipinski definition) is 3. The number of amides is 1. The standard InChI is InChI=1S/C20H16F3N3O2/c21-20(22,23)14-8-4-5-9-16(14)26-11-17(27)18(25-26)19(28)24-15-10-13(15)12-6-2-1-3-7-12/h1-9,11,13,15,27H,10H2,(H,24,28). The van der Waals surface area contributed by atoms with E-state index in [1.54, 1.807) is 0 Å². The first kappa shape index (κ1) is 18.1. The third-order valence-electron chi connectivity index (χ3n) is 4.70. The highest BCUT2D eigenvalue weighted by Gasteiger charge is 2.40. The van der Waals surface area contributed by atoms with Crippen LogP contribution in [-0.2, 0) is 6.18 Å². The Bertz CT molecular complexity index is 1020. The molecule has 3 aromatic rings. The lowest BCUT2D eigenvalue weighted by atomic mass is 10.1. The minimum atomic E-state index is -4.59. The van der Waals surface area contributed by atoms with Gasteiger partial charge in [0.15, 0.2) is 11.4 Å². The molecule has 2 atom stereocenters. The van der Waals surface area contributed by atoms with Crippen molar-refractivity contribution in [2.75, 3.05) is 0 Å². The molecule has 2 N–H and O–H groups in total. The normalized spacial score (nSPS) is 18.7. The van der Waals surface area contributed by atoms with Crippen molar-refractivity contribution in [3.05, 3.63) is 77.6 Å². The van der Waals surface area contributed by atoms with Crippen LogP contribution in [0.25, 0.3) is 5.69 Å². The Labute approximate surface area is 158 Å². The Morgan fingerprint density at radius 3 is 2.50 bits per heavy atom. The number of carbonyl (C=O) groups excluding carboxylic acids is 1. The average molecular weight is 387 g/mol. The quantitative estimate of drug-likeness (QED) is 0.714. The molecule has 0 bridgehead atoms. The summed E-state index contributed by atoms with van der Waals surface area (Å²) in [5.41, 5.74) is -0.383. The predicted octanol–water partition coefficient (Wildman–Crippen LogP) is 3.88. The Kier molecular flexibility index (Phi) is 4.33. The summed E-state index contributed by atoms with van der Waals surface area (Å²) in [6, 6.07) is 14.4. The molecule has 144 valence electrons. The Morgan fingerprint density at radius 2 is 1.79 bits per heavy atom. The molecule has 0 saturated heterocycles. The van der Waals surface area contributed by atoms with Crippen LogP contribution < -0.4 is 5.32 Å². The Balaban J connectivity index is 1.54. The van der Waals surface area contributed by atoms with Crippen LogP contribution in [0, 0.1) is 0 Å². The number of hydrogen-bond donors (Lipinski definition) is 2. The highest BCUT2D eigenvalue weighted by molar-refractivity contribution is 5.95. The van der Waals surface area contributed by atoms with Crippen LogP contribution in [0.5, 0.6) is 5.75 Å². The van der Waals surface area contributed by atoms with Gasteiger partial charge in [0.1, 0.15) is 0 Å². The number of carbonyl (C=O) groups is 1. The smallest absolute Gasteiger partial charge is 0.418 e. The summed E-state index contributed by atoms with van der Waals surface area (Å²) >= 11 is 0. The summed E-state index contributed by atoms with van der Waals surface area (Å²) in [4.78, 5) is 12.5. The zero-order valence-electron chi connectivity index (χ0n) is 14.5. The maximum absolute atomic E-state index is 13.2. The molecule has 2 aromatic carbocycles. The number of rotatable bonds is 4. The first-order valence-corrected chi connectivity index (χ1v) is 8.65. The van der Waals surface area contributed by atoms with E-state index in [4.69, 9.17) is 0 Å². The van der Waals surface area contributed by atoms with E-state index >= 15 is 0 Å². The maximum atomic E-state index is 13.2. The van der Waals surface area contributed by atoms with Gasteiger partial charge in [0, 0.05) is 12.0 Å². The van der Waals surface area contributed by atoms with Crippen molar-refractivity contribution in [2.45, 2.75) is 24.6 Å². The van der Waals surface area contributed by atoms with Gasteiger partial charge in [0.25, 0.3) is 5.91 Å². The molecule has 0 radical (unpaired) electrons. The van der Waals surface area contributed by atoms with Crippen molar-refractivity contribution in [3.8, 4) is 11.4 Å². The first-order chi connectivity index (χ1) is 13.3. The molecule has 1 aliphatic carbocycles. The number of alkyl halides is 3. The summed E-state index contributed by atoms with van der Waals surface area (Å²) in [6.45, 7) is 0. The molecule has 2 unspecified atom stereocenters. The molecule has 0 spiro atoms. The van der Waals surface area contributed by atoms with Gasteiger partial charge in [-0.1, -0.05) is 42.5 Å². The van der Waals surface area contributed by atoms with Crippen LogP contribution in [0.4, 0.5) is 13.2 Å². The van der Waals surface area contributed by atoms with Crippen LogP contribution >= 0.6 is 0 Å². The third kappa shape index (κ3) is 3.45. The highest BCUT2D eigenvalue weighted by Crippen LogP contribution is 2.41. The summed E-state index contributed by atoms with van der Waals surface area (Å²) in [5.74, 6) is -0.920. The van der Waals surface area contributed by atoms with Crippen LogP contribution in [-0.4, -0.2) is 26.8 Å². The fraction of sp³-hybridized carbons (Fsp3) is 0.200. The fourth-order valence-electron chi connectivity index (χ4n) is 3.22. The van der Waals surface area contributed by atoms with E-state index in [0.29, 0.717) is 0 Å². The minimum Gasteiger partial charge on any atom is -0.504 e. The number of para-hydroxylation sites is 1. The third-order valence-corrected chi connectivity index (χ3v) is 4.70. The second-order valence-electron chi connectivity index (χ2n) is 6.66. The SMILES string of the molecule is O=C(NC1CC1c1ccccc1)c1nn(-c2ccccc2C(F)(F)F)cc1O. The lowest BCUT2D eigenvalue weighted by Crippen LogP contribution is -2.27. The van der Waals surface area contributed by atoms with E-state index in [2.05, 4.69) is 10.4 Å². The van der Waals surface area contributed by atoms with Crippen molar-refractivity contribution in [1.82, 2.24) is 15.1 Å². The fourth-order valence-corrected chi connectivity index (χ4v) is 3.22. The van der Waals surface area contributed by atoms with Gasteiger partial charge >= 0.3 is 6.18 Å². The molecule has 1 amide bonds. The summed E-state index contributed by atoms with van der Waals surface area (Å²) in [6.07, 6.45) is -2.83. The molecule has 1 aliphatic rings. The van der Waals surface area contributed by atoms with Crippen LogP contribution in [0.3, 0.4) is 0 Å². The van der Waals surface area contributed by atoms with Crippen molar-refractivity contribution < 1.29 is 23.1 Å². The Hall–Kier alpha value is -3.29. The zero-order valence-corrected chi connectivity index (χ0v) is 14.5. The Morgan fingerprint density at radius 1 is 1.11 bits per heavy atom. The molecule has 8 heteroatoms. The van der Waals surface area contributed by atoms with Gasteiger partial charge in [0.2, 0.25) is 0 Å². The summed E-state index contributed by atoms with van der Waals surface area (Å²) in [5, 5.41) is 16.7. The van der Waals surface area contributed by atoms with E-state index in [9.17, 15) is 23.1 Å². The van der Waals surface area contributed by atoms with Crippen molar-refractivity contribution in [3.63, 3.8) is 0 Å². The van der Waals surface area contributed by atoms with E-state index in [0.717, 1.165) is 28.9 Å². The molecular formula is C20H16F3N3O2. The van der Waals surface area contributed by atoms with Crippen molar-refractivity contribution in [2.24, 2.45) is 0 Å². The van der Waals surface area contributed by atoms with Gasteiger partial charge in [-0.25, -0.2) is 4.68 Å². The lowest BCUT2D eigenvalue weighted by Gasteiger charge is -2.12. The van der Waals surface area contributed by atoms with E-state index in [-0.39, 0.29) is 23.3 Å². The van der Waals surface area contributed by atoms with Crippen LogP contribution in [0.1, 0.15) is 34.0 Å². The van der Waals surface area contributed by atoms with Crippen molar-refractivity contribution in [1.29, 1.82) is 0 Å². The number of nitrogens with zero attached hydrogens (tertiary/aromatic N) is 2. The van der Waals surface area contributed by atoms with Gasteiger partial charge in [-0.15, -0.1) is 0 Å². The van der Waals surface area contributed by atoms with Gasteiger partial charge in [0.05, 0.1) is 17.4 Å². The lowest BCUT2D eigenvalue weighted by molar-refractivity contribution is -0.137. The molecule has 1 fully saturated rings. The molecule has 1 aromatic heterocycles. The molecule has 1 heterocycles. The van der Waals surface area contributed by atoms with Gasteiger partial charge < -0.3 is 10.4 Å². The number of aromatic nitrogens is 2. The van der Waals surface area contributed by atoms with Gasteiger partial charge in [-0.05, 0) is 24.1 Å². The summed E-state index contributed by atoms with van der Waals surface area (Å²) in [7, 11) is 0. The highest BCUT2D eigenvalue weighted by atomic mass is 19.4. The van der Waals surface area contributed by atoms with Gasteiger partial charge in [-0.2, -0.15) is 18.3 Å². The number of aromatic hydroxyl groups is 1. The zero-order chi connectivity index (χ0) is 19.9. The molecule has 4 rings (SSSR count). The first-order valence-electron chi connectivity index (χ1n) is 8.65. The topological polar surface area (TPSA) is 67.2 Å². The van der Waals surface area contributed by atoms with E-state index in [1.807, 2.05) is 30.3 Å². The maximum Gasteiger partial charge on any atom is 0.418 e. The van der Waals surface area contributed by atoms with Crippen LogP contribution in [0.15, 0.2) is 60.8 Å². The van der Waals surface area contributed by atoms with Crippen LogP contribution in [0.2, 0.25) is 0 Å². The predicted molar refractivity (Wildman–Crippen MR) is 95.3 cm³/mol. The minimum absolute atomic E-state index is 0.0955. The second-order valence-corrected chi connectivity index (χ2v) is 6.66. The molecule has 28 heavy (non-hydrogen) atoms. The summed E-state index contributed by atoms with van der Waals surface area (Å²) < 4.78 is 40.5. The van der Waals surface area contributed by atoms with E-state index in [1.165, 1.54) is 18.2 Å². The molecule has 5 nitrogen and oxygen atoms in total. The van der Waals surface area contributed by atoms with Crippen molar-refractivity contribution >= 4 is 5.91 Å². The number of nitrogens with one attached hydrogen (secondary N) is 1. The number of benzene rings is 2. The second kappa shape index (κ2) is 6.70. The number of halogens is 3. The molecule has 1 saturated carbocycles. The largest absolute Gasteiger partial charge is 0.504 e.